The quantitative estimate of drug-likeness (QED) is 0.740. The Bertz CT molecular complexity index is 300. The van der Waals surface area contributed by atoms with Gasteiger partial charge in [0, 0.05) is 19.6 Å². The summed E-state index contributed by atoms with van der Waals surface area (Å²) in [6.07, 6.45) is 4.60. The summed E-state index contributed by atoms with van der Waals surface area (Å²) >= 11 is 0. The molecule has 5 heteroatoms. The maximum atomic E-state index is 11.7. The van der Waals surface area contributed by atoms with Gasteiger partial charge in [0.05, 0.1) is 13.1 Å². The number of piperazine rings is 1. The predicted molar refractivity (Wildman–Crippen MR) is 64.5 cm³/mol. The molecular weight excluding hydrogens is 218 g/mol. The van der Waals surface area contributed by atoms with E-state index < -0.39 is 0 Å². The second-order valence-corrected chi connectivity index (χ2v) is 5.00. The Hall–Kier alpha value is -1.10. The summed E-state index contributed by atoms with van der Waals surface area (Å²) in [6.45, 7) is 2.33. The lowest BCUT2D eigenvalue weighted by atomic mass is 10.1. The first kappa shape index (κ1) is 12.4. The highest BCUT2D eigenvalue weighted by Crippen LogP contribution is 2.12. The van der Waals surface area contributed by atoms with Crippen molar-refractivity contribution in [2.24, 2.45) is 0 Å². The van der Waals surface area contributed by atoms with Crippen LogP contribution < -0.4 is 5.32 Å². The molecule has 0 aromatic heterocycles. The summed E-state index contributed by atoms with van der Waals surface area (Å²) in [6, 6.07) is 0.619. The highest BCUT2D eigenvalue weighted by atomic mass is 16.2. The minimum absolute atomic E-state index is 0.0450. The third-order valence-electron chi connectivity index (χ3n) is 3.62. The van der Waals surface area contributed by atoms with Gasteiger partial charge in [-0.05, 0) is 32.2 Å². The van der Waals surface area contributed by atoms with Crippen LogP contribution in [0.3, 0.4) is 0 Å². The number of nitrogens with one attached hydrogen (secondary N) is 1. The Morgan fingerprint density at radius 3 is 2.82 bits per heavy atom. The van der Waals surface area contributed by atoms with E-state index in [1.165, 1.54) is 17.7 Å². The van der Waals surface area contributed by atoms with Crippen LogP contribution in [0.1, 0.15) is 25.7 Å². The molecule has 0 saturated carbocycles. The Kier molecular flexibility index (Phi) is 3.99. The highest BCUT2D eigenvalue weighted by Gasteiger charge is 2.27. The summed E-state index contributed by atoms with van der Waals surface area (Å²) in [7, 11) is 1.68. The average molecular weight is 239 g/mol. The minimum Gasteiger partial charge on any atom is -0.335 e. The lowest BCUT2D eigenvalue weighted by Crippen LogP contribution is -2.52. The first-order valence-corrected chi connectivity index (χ1v) is 6.42. The second kappa shape index (κ2) is 5.49. The van der Waals surface area contributed by atoms with Crippen molar-refractivity contribution < 1.29 is 9.59 Å². The van der Waals surface area contributed by atoms with E-state index in [2.05, 4.69) is 5.32 Å². The largest absolute Gasteiger partial charge is 0.335 e. The molecule has 2 rings (SSSR count). The first-order valence-electron chi connectivity index (χ1n) is 6.42. The Morgan fingerprint density at radius 1 is 1.29 bits per heavy atom. The van der Waals surface area contributed by atoms with Crippen molar-refractivity contribution in [3.05, 3.63) is 0 Å². The van der Waals surface area contributed by atoms with E-state index in [0.717, 1.165) is 25.9 Å². The molecule has 2 aliphatic rings. The molecule has 2 saturated heterocycles. The fraction of sp³-hybridized carbons (Fsp3) is 0.833. The molecule has 2 heterocycles. The Morgan fingerprint density at radius 2 is 2.12 bits per heavy atom. The maximum Gasteiger partial charge on any atom is 0.242 e. The lowest BCUT2D eigenvalue weighted by molar-refractivity contribution is -0.148. The van der Waals surface area contributed by atoms with Crippen molar-refractivity contribution in [1.82, 2.24) is 15.1 Å². The SMILES string of the molecule is CN1CC(=O)N(CCCC2CCCN2)CC1=O. The minimum atomic E-state index is 0.0450. The van der Waals surface area contributed by atoms with Crippen LogP contribution in [0.5, 0.6) is 0 Å². The molecule has 0 aromatic rings. The highest BCUT2D eigenvalue weighted by molar-refractivity contribution is 5.92. The van der Waals surface area contributed by atoms with E-state index >= 15 is 0 Å². The van der Waals surface area contributed by atoms with Crippen LogP contribution >= 0.6 is 0 Å². The smallest absolute Gasteiger partial charge is 0.242 e. The van der Waals surface area contributed by atoms with Crippen LogP contribution in [0.2, 0.25) is 0 Å². The van der Waals surface area contributed by atoms with E-state index in [0.29, 0.717) is 6.04 Å². The van der Waals surface area contributed by atoms with Crippen molar-refractivity contribution in [1.29, 1.82) is 0 Å². The van der Waals surface area contributed by atoms with Gasteiger partial charge in [0.25, 0.3) is 0 Å². The summed E-state index contributed by atoms with van der Waals surface area (Å²) in [4.78, 5) is 26.4. The molecule has 1 N–H and O–H groups in total. The Balaban J connectivity index is 1.71. The molecule has 2 aliphatic heterocycles. The van der Waals surface area contributed by atoms with Gasteiger partial charge in [-0.1, -0.05) is 0 Å². The van der Waals surface area contributed by atoms with Gasteiger partial charge in [-0.25, -0.2) is 0 Å². The van der Waals surface area contributed by atoms with Gasteiger partial charge in [0.15, 0.2) is 0 Å². The molecule has 0 aliphatic carbocycles. The van der Waals surface area contributed by atoms with Gasteiger partial charge in [0.2, 0.25) is 11.8 Å². The van der Waals surface area contributed by atoms with Gasteiger partial charge >= 0.3 is 0 Å². The number of rotatable bonds is 4. The molecule has 1 atom stereocenters. The first-order chi connectivity index (χ1) is 8.16. The molecule has 5 nitrogen and oxygen atoms in total. The van der Waals surface area contributed by atoms with Crippen LogP contribution in [-0.2, 0) is 9.59 Å². The summed E-state index contributed by atoms with van der Waals surface area (Å²) in [5, 5.41) is 3.44. The van der Waals surface area contributed by atoms with E-state index in [1.54, 1.807) is 11.9 Å². The van der Waals surface area contributed by atoms with Crippen LogP contribution in [0, 0.1) is 0 Å². The van der Waals surface area contributed by atoms with Gasteiger partial charge < -0.3 is 15.1 Å². The van der Waals surface area contributed by atoms with E-state index in [1.807, 2.05) is 0 Å². The number of hydrogen-bond acceptors (Lipinski definition) is 3. The van der Waals surface area contributed by atoms with Crippen LogP contribution in [0.15, 0.2) is 0 Å². The number of carbonyl (C=O) groups excluding carboxylic acids is 2. The molecule has 96 valence electrons. The monoisotopic (exact) mass is 239 g/mol. The van der Waals surface area contributed by atoms with E-state index in [9.17, 15) is 9.59 Å². The molecular formula is C12H21N3O2. The van der Waals surface area contributed by atoms with E-state index in [4.69, 9.17) is 0 Å². The van der Waals surface area contributed by atoms with Crippen molar-refractivity contribution in [3.63, 3.8) is 0 Å². The number of nitrogens with zero attached hydrogens (tertiary/aromatic N) is 2. The standard InChI is InChI=1S/C12H21N3O2/c1-14-8-12(17)15(9-11(14)16)7-3-5-10-4-2-6-13-10/h10,13H,2-9H2,1H3. The van der Waals surface area contributed by atoms with Crippen molar-refractivity contribution in [2.75, 3.05) is 33.2 Å². The molecule has 17 heavy (non-hydrogen) atoms. The number of likely N-dealkylation sites (N-methyl/N-ethyl adjacent to an activating group) is 1. The number of carbonyl (C=O) groups is 2. The molecule has 2 amide bonds. The molecule has 0 aromatic carbocycles. The molecule has 0 bridgehead atoms. The summed E-state index contributed by atoms with van der Waals surface area (Å²) < 4.78 is 0. The van der Waals surface area contributed by atoms with Crippen LogP contribution in [0.4, 0.5) is 0 Å². The van der Waals surface area contributed by atoms with Crippen molar-refractivity contribution >= 4 is 11.8 Å². The van der Waals surface area contributed by atoms with Crippen LogP contribution in [0.25, 0.3) is 0 Å². The zero-order valence-corrected chi connectivity index (χ0v) is 10.4. The average Bonchev–Trinajstić information content (AvgIpc) is 2.78. The number of hydrogen-bond donors (Lipinski definition) is 1. The fourth-order valence-corrected chi connectivity index (χ4v) is 2.50. The van der Waals surface area contributed by atoms with Crippen molar-refractivity contribution in [3.8, 4) is 0 Å². The van der Waals surface area contributed by atoms with Crippen LogP contribution in [-0.4, -0.2) is 60.9 Å². The molecule has 0 spiro atoms. The lowest BCUT2D eigenvalue weighted by Gasteiger charge is -2.31. The fourth-order valence-electron chi connectivity index (χ4n) is 2.50. The maximum absolute atomic E-state index is 11.7. The second-order valence-electron chi connectivity index (χ2n) is 5.00. The number of amides is 2. The van der Waals surface area contributed by atoms with E-state index in [-0.39, 0.29) is 24.9 Å². The summed E-state index contributed by atoms with van der Waals surface area (Å²) in [5.74, 6) is 0.120. The molecule has 2 fully saturated rings. The van der Waals surface area contributed by atoms with Crippen molar-refractivity contribution in [2.45, 2.75) is 31.7 Å². The normalized spacial score (nSPS) is 25.8. The Labute approximate surface area is 102 Å². The zero-order chi connectivity index (χ0) is 12.3. The zero-order valence-electron chi connectivity index (χ0n) is 10.4. The topological polar surface area (TPSA) is 52.7 Å². The molecule has 1 unspecified atom stereocenters. The third kappa shape index (κ3) is 3.19. The van der Waals surface area contributed by atoms with Gasteiger partial charge in [0.1, 0.15) is 0 Å². The van der Waals surface area contributed by atoms with Gasteiger partial charge in [-0.15, -0.1) is 0 Å². The summed E-state index contributed by atoms with van der Waals surface area (Å²) in [5.41, 5.74) is 0. The predicted octanol–water partition coefficient (Wildman–Crippen LogP) is -0.181. The third-order valence-corrected chi connectivity index (χ3v) is 3.62. The molecule has 0 radical (unpaired) electrons. The van der Waals surface area contributed by atoms with Gasteiger partial charge in [-0.2, -0.15) is 0 Å². The van der Waals surface area contributed by atoms with Gasteiger partial charge in [-0.3, -0.25) is 9.59 Å².